The van der Waals surface area contributed by atoms with Gasteiger partial charge in [0.1, 0.15) is 5.82 Å². The van der Waals surface area contributed by atoms with Crippen molar-refractivity contribution in [2.24, 2.45) is 5.73 Å². The SMILES string of the molecule is COCCN(C)c1cc([C@@H](C)N)ccn1. The number of rotatable bonds is 5. The molecule has 0 bridgehead atoms. The topological polar surface area (TPSA) is 51.4 Å². The highest BCUT2D eigenvalue weighted by molar-refractivity contribution is 5.40. The third kappa shape index (κ3) is 3.49. The van der Waals surface area contributed by atoms with Gasteiger partial charge in [0, 0.05) is 32.9 Å². The lowest BCUT2D eigenvalue weighted by Crippen LogP contribution is -2.23. The number of hydrogen-bond acceptors (Lipinski definition) is 4. The molecule has 0 fully saturated rings. The van der Waals surface area contributed by atoms with Gasteiger partial charge in [0.05, 0.1) is 6.61 Å². The largest absolute Gasteiger partial charge is 0.383 e. The molecule has 0 saturated heterocycles. The Morgan fingerprint density at radius 3 is 2.93 bits per heavy atom. The fourth-order valence-corrected chi connectivity index (χ4v) is 1.27. The fourth-order valence-electron chi connectivity index (χ4n) is 1.27. The van der Waals surface area contributed by atoms with Crippen LogP contribution in [0, 0.1) is 0 Å². The predicted octanol–water partition coefficient (Wildman–Crippen LogP) is 1.18. The van der Waals surface area contributed by atoms with Crippen LogP contribution in [-0.4, -0.2) is 32.3 Å². The maximum atomic E-state index is 5.81. The first kappa shape index (κ1) is 11.9. The Kier molecular flexibility index (Phi) is 4.52. The van der Waals surface area contributed by atoms with Gasteiger partial charge in [0.2, 0.25) is 0 Å². The molecule has 0 aliphatic heterocycles. The third-order valence-corrected chi connectivity index (χ3v) is 2.32. The van der Waals surface area contributed by atoms with Crippen LogP contribution in [0.4, 0.5) is 5.82 Å². The van der Waals surface area contributed by atoms with E-state index >= 15 is 0 Å². The Bertz CT molecular complexity index is 302. The van der Waals surface area contributed by atoms with Crippen LogP contribution < -0.4 is 10.6 Å². The molecule has 0 spiro atoms. The van der Waals surface area contributed by atoms with Gasteiger partial charge in [0.15, 0.2) is 0 Å². The van der Waals surface area contributed by atoms with Crippen molar-refractivity contribution in [3.8, 4) is 0 Å². The standard InChI is InChI=1S/C11H19N3O/c1-9(12)10-4-5-13-11(8-10)14(2)6-7-15-3/h4-5,8-9H,6-7,12H2,1-3H3/t9-/m1/s1. The fraction of sp³-hybridized carbons (Fsp3) is 0.545. The lowest BCUT2D eigenvalue weighted by molar-refractivity contribution is 0.206. The van der Waals surface area contributed by atoms with Crippen molar-refractivity contribution < 1.29 is 4.74 Å². The van der Waals surface area contributed by atoms with Crippen LogP contribution in [0.25, 0.3) is 0 Å². The Labute approximate surface area is 91.1 Å². The number of hydrogen-bond donors (Lipinski definition) is 1. The molecule has 0 amide bonds. The van der Waals surface area contributed by atoms with E-state index in [4.69, 9.17) is 10.5 Å². The summed E-state index contributed by atoms with van der Waals surface area (Å²) >= 11 is 0. The summed E-state index contributed by atoms with van der Waals surface area (Å²) < 4.78 is 5.02. The van der Waals surface area contributed by atoms with Crippen LogP contribution in [0.15, 0.2) is 18.3 Å². The number of aromatic nitrogens is 1. The lowest BCUT2D eigenvalue weighted by atomic mass is 10.1. The summed E-state index contributed by atoms with van der Waals surface area (Å²) in [5.41, 5.74) is 6.91. The van der Waals surface area contributed by atoms with Crippen molar-refractivity contribution >= 4 is 5.82 Å². The van der Waals surface area contributed by atoms with Gasteiger partial charge in [-0.25, -0.2) is 4.98 Å². The van der Waals surface area contributed by atoms with Gasteiger partial charge >= 0.3 is 0 Å². The van der Waals surface area contributed by atoms with Gasteiger partial charge in [-0.1, -0.05) is 0 Å². The Hall–Kier alpha value is -1.13. The average Bonchev–Trinajstić information content (AvgIpc) is 2.26. The van der Waals surface area contributed by atoms with Crippen LogP contribution in [0.2, 0.25) is 0 Å². The van der Waals surface area contributed by atoms with Gasteiger partial charge in [-0.15, -0.1) is 0 Å². The zero-order valence-corrected chi connectivity index (χ0v) is 9.60. The number of pyridine rings is 1. The zero-order chi connectivity index (χ0) is 11.3. The summed E-state index contributed by atoms with van der Waals surface area (Å²) in [7, 11) is 3.69. The number of nitrogens with zero attached hydrogens (tertiary/aromatic N) is 2. The van der Waals surface area contributed by atoms with E-state index in [1.54, 1.807) is 13.3 Å². The van der Waals surface area contributed by atoms with E-state index in [0.717, 1.165) is 17.9 Å². The monoisotopic (exact) mass is 209 g/mol. The smallest absolute Gasteiger partial charge is 0.128 e. The Morgan fingerprint density at radius 1 is 1.60 bits per heavy atom. The van der Waals surface area contributed by atoms with E-state index in [1.165, 1.54) is 0 Å². The second-order valence-electron chi connectivity index (χ2n) is 3.65. The molecule has 15 heavy (non-hydrogen) atoms. The molecule has 4 heteroatoms. The number of ether oxygens (including phenoxy) is 1. The normalized spacial score (nSPS) is 12.5. The molecule has 0 saturated carbocycles. The van der Waals surface area contributed by atoms with Gasteiger partial charge in [-0.3, -0.25) is 0 Å². The molecule has 1 heterocycles. The number of nitrogens with two attached hydrogens (primary N) is 1. The summed E-state index contributed by atoms with van der Waals surface area (Å²) in [5.74, 6) is 0.932. The molecule has 0 radical (unpaired) electrons. The van der Waals surface area contributed by atoms with Crippen LogP contribution in [0.3, 0.4) is 0 Å². The van der Waals surface area contributed by atoms with Gasteiger partial charge in [0.25, 0.3) is 0 Å². The van der Waals surface area contributed by atoms with E-state index < -0.39 is 0 Å². The summed E-state index contributed by atoms with van der Waals surface area (Å²) in [6, 6.07) is 4.00. The first-order valence-electron chi connectivity index (χ1n) is 5.06. The van der Waals surface area contributed by atoms with E-state index in [9.17, 15) is 0 Å². The van der Waals surface area contributed by atoms with Gasteiger partial charge in [-0.05, 0) is 24.6 Å². The van der Waals surface area contributed by atoms with Crippen LogP contribution >= 0.6 is 0 Å². The summed E-state index contributed by atoms with van der Waals surface area (Å²) in [6.45, 7) is 3.49. The first-order chi connectivity index (χ1) is 7.15. The minimum atomic E-state index is 0.0441. The number of methoxy groups -OCH3 is 1. The highest BCUT2D eigenvalue weighted by Crippen LogP contribution is 2.15. The predicted molar refractivity (Wildman–Crippen MR) is 62.0 cm³/mol. The third-order valence-electron chi connectivity index (χ3n) is 2.32. The summed E-state index contributed by atoms with van der Waals surface area (Å²) in [6.07, 6.45) is 1.79. The van der Waals surface area contributed by atoms with Crippen molar-refractivity contribution in [3.05, 3.63) is 23.9 Å². The molecule has 1 aromatic heterocycles. The van der Waals surface area contributed by atoms with Crippen LogP contribution in [-0.2, 0) is 4.74 Å². The minimum Gasteiger partial charge on any atom is -0.383 e. The quantitative estimate of drug-likeness (QED) is 0.791. The van der Waals surface area contributed by atoms with Crippen molar-refractivity contribution in [1.29, 1.82) is 0 Å². The van der Waals surface area contributed by atoms with E-state index in [2.05, 4.69) is 9.88 Å². The van der Waals surface area contributed by atoms with Gasteiger partial charge in [-0.2, -0.15) is 0 Å². The molecule has 4 nitrogen and oxygen atoms in total. The highest BCUT2D eigenvalue weighted by Gasteiger charge is 2.05. The van der Waals surface area contributed by atoms with Crippen molar-refractivity contribution in [3.63, 3.8) is 0 Å². The molecule has 1 atom stereocenters. The number of likely N-dealkylation sites (N-methyl/N-ethyl adjacent to an activating group) is 1. The molecule has 84 valence electrons. The molecule has 0 aromatic carbocycles. The maximum absolute atomic E-state index is 5.81. The lowest BCUT2D eigenvalue weighted by Gasteiger charge is -2.18. The molecule has 1 aromatic rings. The van der Waals surface area contributed by atoms with Crippen LogP contribution in [0.1, 0.15) is 18.5 Å². The van der Waals surface area contributed by atoms with E-state index in [-0.39, 0.29) is 6.04 Å². The first-order valence-corrected chi connectivity index (χ1v) is 5.06. The van der Waals surface area contributed by atoms with Crippen molar-refractivity contribution in [1.82, 2.24) is 4.98 Å². The molecule has 0 unspecified atom stereocenters. The molecule has 0 aliphatic rings. The maximum Gasteiger partial charge on any atom is 0.128 e. The molecular formula is C11H19N3O. The Balaban J connectivity index is 2.71. The number of anilines is 1. The summed E-state index contributed by atoms with van der Waals surface area (Å²) in [5, 5.41) is 0. The van der Waals surface area contributed by atoms with Gasteiger partial charge < -0.3 is 15.4 Å². The molecular weight excluding hydrogens is 190 g/mol. The average molecular weight is 209 g/mol. The van der Waals surface area contributed by atoms with E-state index in [0.29, 0.717) is 6.61 Å². The molecule has 1 rings (SSSR count). The zero-order valence-electron chi connectivity index (χ0n) is 9.60. The highest BCUT2D eigenvalue weighted by atomic mass is 16.5. The summed E-state index contributed by atoms with van der Waals surface area (Å²) in [4.78, 5) is 6.34. The second-order valence-corrected chi connectivity index (χ2v) is 3.65. The van der Waals surface area contributed by atoms with Crippen molar-refractivity contribution in [2.75, 3.05) is 32.2 Å². The van der Waals surface area contributed by atoms with E-state index in [1.807, 2.05) is 26.1 Å². The van der Waals surface area contributed by atoms with Crippen molar-refractivity contribution in [2.45, 2.75) is 13.0 Å². The Morgan fingerprint density at radius 2 is 2.33 bits per heavy atom. The molecule has 2 N–H and O–H groups in total. The second kappa shape index (κ2) is 5.68. The minimum absolute atomic E-state index is 0.0441. The van der Waals surface area contributed by atoms with Crippen LogP contribution in [0.5, 0.6) is 0 Å². The molecule has 0 aliphatic carbocycles.